The fourth-order valence-electron chi connectivity index (χ4n) is 2.91. The summed E-state index contributed by atoms with van der Waals surface area (Å²) in [4.78, 5) is 0. The van der Waals surface area contributed by atoms with Crippen LogP contribution in [0.4, 0.5) is 0 Å². The Kier molecular flexibility index (Phi) is 33.8. The minimum atomic E-state index is -2.33. The molecule has 0 aliphatic heterocycles. The van der Waals surface area contributed by atoms with Gasteiger partial charge in [-0.25, -0.2) is 0 Å². The van der Waals surface area contributed by atoms with Crippen LogP contribution in [0.3, 0.4) is 0 Å². The lowest BCUT2D eigenvalue weighted by molar-refractivity contribution is 0.248. The van der Waals surface area contributed by atoms with Crippen molar-refractivity contribution in [2.45, 2.75) is 57.8 Å². The van der Waals surface area contributed by atoms with Gasteiger partial charge < -0.3 is 45.2 Å². The summed E-state index contributed by atoms with van der Waals surface area (Å²) in [7, 11) is 8.18. The summed E-state index contributed by atoms with van der Waals surface area (Å²) < 4.78 is 47.0. The van der Waals surface area contributed by atoms with Crippen LogP contribution in [-0.4, -0.2) is 120 Å². The molecule has 10 nitrogen and oxygen atoms in total. The molecule has 0 aliphatic rings. The Labute approximate surface area is 294 Å². The fourth-order valence-corrected chi connectivity index (χ4v) is 7.69. The molecule has 1 N–H and O–H groups in total. The minimum Gasteiger partial charge on any atom is -0.421 e. The van der Waals surface area contributed by atoms with Crippen molar-refractivity contribution in [3.8, 4) is 0 Å². The van der Waals surface area contributed by atoms with Crippen molar-refractivity contribution in [3.63, 3.8) is 0 Å². The Balaban J connectivity index is -0.000000252. The Morgan fingerprint density at radius 3 is 1.23 bits per heavy atom. The standard InChI is InChI=1S/C10H14O2Si.C7H19NO2Si.C6H14O2Si.C5H12O2Si.C4H12OSi/c1-4-13(11-2,12-3)10-8-6-5-7-9-10;1-8-6-5-7-11(4,9-2)10-3;1-5-6-9(4,7-2)8-3;1-5-8(4,6-2)7-3;1-5-6(2,3)4/h4-9H,1H2,2-3H3;8H,5-7H2,1-4H3;5H,1,6H2,2-4H3;5H,1H2,2-4H3;1-4H3. The second kappa shape index (κ2) is 30.0. The normalized spacial score (nSPS) is 11.6. The van der Waals surface area contributed by atoms with E-state index in [1.807, 2.05) is 56.5 Å². The van der Waals surface area contributed by atoms with E-state index in [0.29, 0.717) is 0 Å². The molecule has 0 amide bonds. The lowest BCUT2D eigenvalue weighted by atomic mass is 10.4. The van der Waals surface area contributed by atoms with Gasteiger partial charge in [-0.15, -0.1) is 19.7 Å². The number of benzene rings is 1. The van der Waals surface area contributed by atoms with Crippen LogP contribution < -0.4 is 10.5 Å². The largest absolute Gasteiger partial charge is 0.421 e. The Morgan fingerprint density at radius 2 is 1.02 bits per heavy atom. The van der Waals surface area contributed by atoms with Crippen LogP contribution >= 0.6 is 0 Å². The van der Waals surface area contributed by atoms with Gasteiger partial charge in [0.1, 0.15) is 0 Å². The molecule has 0 radical (unpaired) electrons. The van der Waals surface area contributed by atoms with Crippen molar-refractivity contribution in [2.24, 2.45) is 0 Å². The van der Waals surface area contributed by atoms with Crippen LogP contribution in [0.25, 0.3) is 0 Å². The first-order chi connectivity index (χ1) is 21.9. The van der Waals surface area contributed by atoms with Gasteiger partial charge in [0, 0.05) is 70.0 Å². The highest BCUT2D eigenvalue weighted by Crippen LogP contribution is 2.13. The summed E-state index contributed by atoms with van der Waals surface area (Å²) >= 11 is 0. The number of hydrogen-bond acceptors (Lipinski definition) is 10. The third-order valence-corrected chi connectivity index (χ3v) is 19.4. The Morgan fingerprint density at radius 1 is 0.596 bits per heavy atom. The monoisotopic (exact) mass is 753 g/mol. The van der Waals surface area contributed by atoms with Gasteiger partial charge in [0.25, 0.3) is 0 Å². The van der Waals surface area contributed by atoms with Crippen molar-refractivity contribution in [3.05, 3.63) is 67.5 Å². The van der Waals surface area contributed by atoms with Crippen LogP contribution in [0, 0.1) is 0 Å². The second-order valence-corrected chi connectivity index (χ2v) is 29.5. The molecule has 0 unspecified atom stereocenters. The summed E-state index contributed by atoms with van der Waals surface area (Å²) in [6, 6.07) is 11.8. The van der Waals surface area contributed by atoms with E-state index in [0.717, 1.165) is 30.2 Å². The van der Waals surface area contributed by atoms with Crippen LogP contribution in [0.1, 0.15) is 6.42 Å². The Hall–Kier alpha value is -0.876. The van der Waals surface area contributed by atoms with Crippen LogP contribution in [-0.2, 0) is 39.8 Å². The van der Waals surface area contributed by atoms with Gasteiger partial charge in [0.15, 0.2) is 8.32 Å². The first-order valence-corrected chi connectivity index (χ1v) is 28.2. The maximum Gasteiger partial charge on any atom is 0.398 e. The zero-order valence-corrected chi connectivity index (χ0v) is 37.7. The molecule has 47 heavy (non-hydrogen) atoms. The van der Waals surface area contributed by atoms with Crippen molar-refractivity contribution >= 4 is 47.7 Å². The molecular formula is C32H71NO9Si5. The molecular weight excluding hydrogens is 683 g/mol. The summed E-state index contributed by atoms with van der Waals surface area (Å²) in [5.41, 5.74) is 3.52. The van der Waals surface area contributed by atoms with E-state index in [-0.39, 0.29) is 0 Å². The summed E-state index contributed by atoms with van der Waals surface area (Å²) in [6.45, 7) is 24.5. The molecule has 0 aliphatic carbocycles. The lowest BCUT2D eigenvalue weighted by Crippen LogP contribution is -2.50. The third-order valence-electron chi connectivity index (χ3n) is 7.15. The zero-order valence-electron chi connectivity index (χ0n) is 32.7. The van der Waals surface area contributed by atoms with Crippen molar-refractivity contribution in [2.75, 3.05) is 77.6 Å². The first kappa shape index (κ1) is 52.9. The summed E-state index contributed by atoms with van der Waals surface area (Å²) in [5, 5.41) is 4.18. The predicted molar refractivity (Wildman–Crippen MR) is 212 cm³/mol. The highest BCUT2D eigenvalue weighted by molar-refractivity contribution is 6.85. The molecule has 0 aromatic heterocycles. The second-order valence-electron chi connectivity index (χ2n) is 11.4. The molecule has 0 bridgehead atoms. The van der Waals surface area contributed by atoms with Crippen molar-refractivity contribution in [1.82, 2.24) is 5.32 Å². The van der Waals surface area contributed by atoms with E-state index in [1.54, 1.807) is 75.4 Å². The van der Waals surface area contributed by atoms with E-state index < -0.39 is 42.6 Å². The Bertz CT molecular complexity index is 877. The van der Waals surface area contributed by atoms with Gasteiger partial charge in [0.05, 0.1) is 0 Å². The summed E-state index contributed by atoms with van der Waals surface area (Å²) in [5.74, 6) is 0. The van der Waals surface area contributed by atoms with Gasteiger partial charge >= 0.3 is 34.2 Å². The minimum absolute atomic E-state index is 0.847. The third kappa shape index (κ3) is 26.6. The maximum absolute atomic E-state index is 5.42. The van der Waals surface area contributed by atoms with Crippen LogP contribution in [0.2, 0.25) is 51.4 Å². The highest BCUT2D eigenvalue weighted by atomic mass is 28.4. The molecule has 0 saturated heterocycles. The van der Waals surface area contributed by atoms with Gasteiger partial charge in [0.2, 0.25) is 0 Å². The molecule has 0 spiro atoms. The molecule has 1 rings (SSSR count). The van der Waals surface area contributed by atoms with E-state index in [9.17, 15) is 0 Å². The molecule has 1 aromatic rings. The predicted octanol–water partition coefficient (Wildman–Crippen LogP) is 6.40. The van der Waals surface area contributed by atoms with Crippen LogP contribution in [0.5, 0.6) is 0 Å². The summed E-state index contributed by atoms with van der Waals surface area (Å²) in [6.07, 6.45) is 2.96. The van der Waals surface area contributed by atoms with E-state index in [1.165, 1.54) is 0 Å². The SMILES string of the molecule is C=CC[Si](C)(OC)OC.C=C[Si](C)(OC)OC.C=C[Si](OC)(OC)c1ccccc1.CNCCC[Si](C)(OC)OC.CO[Si](C)(C)C. The van der Waals surface area contributed by atoms with Crippen molar-refractivity contribution in [1.29, 1.82) is 0 Å². The van der Waals surface area contributed by atoms with E-state index >= 15 is 0 Å². The molecule has 0 fully saturated rings. The number of nitrogens with one attached hydrogen (secondary N) is 1. The highest BCUT2D eigenvalue weighted by Gasteiger charge is 2.34. The molecule has 1 aromatic carbocycles. The van der Waals surface area contributed by atoms with Crippen molar-refractivity contribution < 1.29 is 39.8 Å². The van der Waals surface area contributed by atoms with E-state index in [2.05, 4.69) is 51.2 Å². The fraction of sp³-hybridized carbons (Fsp3) is 0.625. The molecule has 0 heterocycles. The molecule has 278 valence electrons. The average Bonchev–Trinajstić information content (AvgIpc) is 3.10. The number of rotatable bonds is 18. The van der Waals surface area contributed by atoms with Gasteiger partial charge in [-0.05, 0) is 81.9 Å². The lowest BCUT2D eigenvalue weighted by Gasteiger charge is -2.23. The zero-order chi connectivity index (χ0) is 37.6. The number of hydrogen-bond donors (Lipinski definition) is 1. The average molecular weight is 754 g/mol. The van der Waals surface area contributed by atoms with Gasteiger partial charge in [-0.2, -0.15) is 0 Å². The molecule has 0 saturated carbocycles. The maximum atomic E-state index is 5.42. The van der Waals surface area contributed by atoms with Crippen LogP contribution in [0.15, 0.2) is 67.5 Å². The molecule has 0 atom stereocenters. The number of allylic oxidation sites excluding steroid dienone is 1. The quantitative estimate of drug-likeness (QED) is 0.103. The smallest absolute Gasteiger partial charge is 0.398 e. The van der Waals surface area contributed by atoms with E-state index in [4.69, 9.17) is 39.8 Å². The van der Waals surface area contributed by atoms with Gasteiger partial charge in [-0.3, -0.25) is 0 Å². The first-order valence-electron chi connectivity index (χ1n) is 15.4. The molecule has 15 heteroatoms. The topological polar surface area (TPSA) is 95.1 Å². The van der Waals surface area contributed by atoms with Gasteiger partial charge in [-0.1, -0.05) is 36.4 Å².